The van der Waals surface area contributed by atoms with Gasteiger partial charge in [0.25, 0.3) is 6.01 Å². The number of carbonyl (C=O) groups is 2. The number of hydrogen-bond acceptors (Lipinski definition) is 7. The van der Waals surface area contributed by atoms with Crippen LogP contribution in [0.4, 0.5) is 20.9 Å². The summed E-state index contributed by atoms with van der Waals surface area (Å²) in [5.74, 6) is 0.621. The number of nitrogens with zero attached hydrogens (tertiary/aromatic N) is 2. The van der Waals surface area contributed by atoms with Crippen LogP contribution in [0.2, 0.25) is 0 Å². The number of fused-ring (bicyclic) bond motifs is 1. The van der Waals surface area contributed by atoms with Crippen molar-refractivity contribution in [3.8, 4) is 5.75 Å². The van der Waals surface area contributed by atoms with Gasteiger partial charge in [-0.15, -0.1) is 0 Å². The Kier molecular flexibility index (Phi) is 7.95. The maximum Gasteiger partial charge on any atom is 0.407 e. The molecule has 3 aromatic rings. The zero-order chi connectivity index (χ0) is 26.4. The summed E-state index contributed by atoms with van der Waals surface area (Å²) in [6.07, 6.45) is 1.24. The summed E-state index contributed by atoms with van der Waals surface area (Å²) >= 11 is 0. The first kappa shape index (κ1) is 26.0. The molecule has 2 heterocycles. The van der Waals surface area contributed by atoms with Crippen LogP contribution in [0.5, 0.6) is 5.75 Å². The van der Waals surface area contributed by atoms with E-state index < -0.39 is 11.6 Å². The summed E-state index contributed by atoms with van der Waals surface area (Å²) in [7, 11) is 0. The number of amides is 2. The number of hydrogen-bond donors (Lipinski definition) is 2. The SMILES string of the molecule is CC(C)(C)NC(=O)OC/C(=C\F)COc1ccc2nc(NCc3ccc(N4CCCC4=O)cc3)oc2c1. The molecule has 0 spiro atoms. The third-order valence-electron chi connectivity index (χ3n) is 5.57. The van der Waals surface area contributed by atoms with Gasteiger partial charge in [-0.2, -0.15) is 4.98 Å². The van der Waals surface area contributed by atoms with Gasteiger partial charge in [0.2, 0.25) is 5.91 Å². The Labute approximate surface area is 214 Å². The molecule has 37 heavy (non-hydrogen) atoms. The zero-order valence-electron chi connectivity index (χ0n) is 21.2. The maximum absolute atomic E-state index is 13.2. The third-order valence-corrected chi connectivity index (χ3v) is 5.57. The first-order valence-corrected chi connectivity index (χ1v) is 12.1. The summed E-state index contributed by atoms with van der Waals surface area (Å²) in [5, 5.41) is 5.80. The van der Waals surface area contributed by atoms with E-state index in [0.717, 1.165) is 24.2 Å². The fraction of sp³-hybridized carbons (Fsp3) is 0.370. The fourth-order valence-electron chi connectivity index (χ4n) is 3.74. The van der Waals surface area contributed by atoms with E-state index in [4.69, 9.17) is 13.9 Å². The molecule has 0 aliphatic carbocycles. The number of ether oxygens (including phenoxy) is 2. The van der Waals surface area contributed by atoms with Crippen molar-refractivity contribution in [2.24, 2.45) is 0 Å². The van der Waals surface area contributed by atoms with E-state index in [9.17, 15) is 14.0 Å². The lowest BCUT2D eigenvalue weighted by Gasteiger charge is -2.20. The van der Waals surface area contributed by atoms with Gasteiger partial charge >= 0.3 is 6.09 Å². The molecule has 1 aliphatic rings. The molecule has 2 N–H and O–H groups in total. The van der Waals surface area contributed by atoms with E-state index in [1.807, 2.05) is 45.0 Å². The fourth-order valence-corrected chi connectivity index (χ4v) is 3.74. The topological polar surface area (TPSA) is 106 Å². The molecule has 0 atom stereocenters. The second kappa shape index (κ2) is 11.3. The van der Waals surface area contributed by atoms with Gasteiger partial charge in [0.15, 0.2) is 5.58 Å². The Morgan fingerprint density at radius 3 is 2.65 bits per heavy atom. The molecular weight excluding hydrogens is 479 g/mol. The Morgan fingerprint density at radius 2 is 1.97 bits per heavy atom. The first-order chi connectivity index (χ1) is 17.7. The van der Waals surface area contributed by atoms with Crippen molar-refractivity contribution in [2.75, 3.05) is 30.0 Å². The summed E-state index contributed by atoms with van der Waals surface area (Å²) in [6, 6.07) is 13.3. The number of halogens is 1. The van der Waals surface area contributed by atoms with Crippen LogP contribution >= 0.6 is 0 Å². The molecule has 0 unspecified atom stereocenters. The lowest BCUT2D eigenvalue weighted by Crippen LogP contribution is -2.41. The van der Waals surface area contributed by atoms with E-state index in [2.05, 4.69) is 15.6 Å². The lowest BCUT2D eigenvalue weighted by atomic mass is 10.1. The predicted molar refractivity (Wildman–Crippen MR) is 138 cm³/mol. The Balaban J connectivity index is 1.29. The van der Waals surface area contributed by atoms with Crippen LogP contribution in [-0.4, -0.2) is 42.3 Å². The number of oxazole rings is 1. The van der Waals surface area contributed by atoms with Crippen LogP contribution in [0.15, 0.2) is 58.8 Å². The molecule has 0 saturated carbocycles. The van der Waals surface area contributed by atoms with Crippen molar-refractivity contribution in [3.63, 3.8) is 0 Å². The van der Waals surface area contributed by atoms with Crippen LogP contribution in [0.25, 0.3) is 11.1 Å². The molecule has 1 fully saturated rings. The molecule has 2 amide bonds. The second-order valence-corrected chi connectivity index (χ2v) is 9.82. The van der Waals surface area contributed by atoms with Crippen molar-refractivity contribution in [1.82, 2.24) is 10.3 Å². The Bertz CT molecular complexity index is 1280. The predicted octanol–water partition coefficient (Wildman–Crippen LogP) is 5.32. The maximum atomic E-state index is 13.2. The average molecular weight is 511 g/mol. The summed E-state index contributed by atoms with van der Waals surface area (Å²) < 4.78 is 29.7. The second-order valence-electron chi connectivity index (χ2n) is 9.82. The quantitative estimate of drug-likeness (QED) is 0.401. The minimum Gasteiger partial charge on any atom is -0.489 e. The van der Waals surface area contributed by atoms with E-state index >= 15 is 0 Å². The largest absolute Gasteiger partial charge is 0.489 e. The van der Waals surface area contributed by atoms with Crippen LogP contribution in [0, 0.1) is 0 Å². The number of carbonyl (C=O) groups excluding carboxylic acids is 2. The molecule has 2 aromatic carbocycles. The van der Waals surface area contributed by atoms with Gasteiger partial charge < -0.3 is 29.4 Å². The van der Waals surface area contributed by atoms with Crippen LogP contribution in [-0.2, 0) is 16.1 Å². The van der Waals surface area contributed by atoms with Gasteiger partial charge in [-0.05, 0) is 57.0 Å². The normalized spacial score (nSPS) is 14.2. The van der Waals surface area contributed by atoms with Gasteiger partial charge in [-0.1, -0.05) is 12.1 Å². The van der Waals surface area contributed by atoms with Crippen molar-refractivity contribution >= 4 is 34.8 Å². The Hall–Kier alpha value is -4.08. The molecular formula is C27H31FN4O5. The molecule has 1 aromatic heterocycles. The van der Waals surface area contributed by atoms with Crippen molar-refractivity contribution in [1.29, 1.82) is 0 Å². The van der Waals surface area contributed by atoms with E-state index in [-0.39, 0.29) is 24.7 Å². The number of anilines is 2. The number of aromatic nitrogens is 1. The van der Waals surface area contributed by atoms with Crippen molar-refractivity contribution < 1.29 is 27.9 Å². The van der Waals surface area contributed by atoms with Gasteiger partial charge in [0.05, 0.1) is 6.33 Å². The monoisotopic (exact) mass is 510 g/mol. The first-order valence-electron chi connectivity index (χ1n) is 12.1. The summed E-state index contributed by atoms with van der Waals surface area (Å²) in [4.78, 5) is 29.9. The number of nitrogens with one attached hydrogen (secondary N) is 2. The van der Waals surface area contributed by atoms with Crippen molar-refractivity contribution in [3.05, 3.63) is 59.9 Å². The lowest BCUT2D eigenvalue weighted by molar-refractivity contribution is -0.117. The highest BCUT2D eigenvalue weighted by molar-refractivity contribution is 5.95. The molecule has 9 nitrogen and oxygen atoms in total. The highest BCUT2D eigenvalue weighted by Crippen LogP contribution is 2.25. The minimum absolute atomic E-state index is 0.0942. The van der Waals surface area contributed by atoms with Gasteiger partial charge in [0.1, 0.15) is 24.5 Å². The van der Waals surface area contributed by atoms with E-state index in [0.29, 0.717) is 42.2 Å². The number of benzene rings is 2. The van der Waals surface area contributed by atoms with Crippen molar-refractivity contribution in [2.45, 2.75) is 45.7 Å². The van der Waals surface area contributed by atoms with Gasteiger partial charge in [0, 0.05) is 42.4 Å². The molecule has 196 valence electrons. The standard InChI is InChI=1S/C27H31FN4O5/c1-27(2,3)31-26(34)36-17-19(14-28)16-35-21-10-11-22-23(13-21)37-25(30-22)29-15-18-6-8-20(9-7-18)32-12-4-5-24(32)33/h6-11,13-14H,4-5,12,15-17H2,1-3H3,(H,29,30)(H,31,34)/b19-14-. The Morgan fingerprint density at radius 1 is 1.19 bits per heavy atom. The van der Waals surface area contributed by atoms with Gasteiger partial charge in [-0.3, -0.25) is 4.79 Å². The molecule has 4 rings (SSSR count). The smallest absolute Gasteiger partial charge is 0.407 e. The molecule has 0 bridgehead atoms. The molecule has 1 saturated heterocycles. The van der Waals surface area contributed by atoms with Crippen LogP contribution < -0.4 is 20.3 Å². The van der Waals surface area contributed by atoms with E-state index in [1.54, 1.807) is 23.1 Å². The molecule has 0 radical (unpaired) electrons. The van der Waals surface area contributed by atoms with E-state index in [1.165, 1.54) is 0 Å². The third kappa shape index (κ3) is 7.22. The number of alkyl carbamates (subject to hydrolysis) is 1. The minimum atomic E-state index is -0.632. The summed E-state index contributed by atoms with van der Waals surface area (Å²) in [6.45, 7) is 6.40. The highest BCUT2D eigenvalue weighted by Gasteiger charge is 2.21. The number of rotatable bonds is 9. The summed E-state index contributed by atoms with van der Waals surface area (Å²) in [5.41, 5.74) is 2.80. The molecule has 10 heteroatoms. The zero-order valence-corrected chi connectivity index (χ0v) is 21.2. The molecule has 1 aliphatic heterocycles. The average Bonchev–Trinajstić information content (AvgIpc) is 3.47. The highest BCUT2D eigenvalue weighted by atomic mass is 19.1. The van der Waals surface area contributed by atoms with Crippen LogP contribution in [0.1, 0.15) is 39.2 Å². The van der Waals surface area contributed by atoms with Crippen LogP contribution in [0.3, 0.4) is 0 Å². The van der Waals surface area contributed by atoms with Gasteiger partial charge in [-0.25, -0.2) is 9.18 Å².